The first kappa shape index (κ1) is 15.9. The van der Waals surface area contributed by atoms with Crippen LogP contribution in [0.2, 0.25) is 0 Å². The molecule has 1 aliphatic carbocycles. The van der Waals surface area contributed by atoms with Gasteiger partial charge < -0.3 is 16.4 Å². The first-order valence-electron chi connectivity index (χ1n) is 6.80. The second-order valence-electron chi connectivity index (χ2n) is 5.18. The van der Waals surface area contributed by atoms with E-state index in [0.717, 1.165) is 12.8 Å². The van der Waals surface area contributed by atoms with E-state index < -0.39 is 5.41 Å². The summed E-state index contributed by atoms with van der Waals surface area (Å²) in [5.74, 6) is -0.185. The predicted octanol–water partition coefficient (Wildman–Crippen LogP) is 0.864. The molecule has 4 N–H and O–H groups in total. The second-order valence-corrected chi connectivity index (χ2v) is 5.62. The molecular formula is C13H23N3O2S. The average molecular weight is 285 g/mol. The highest BCUT2D eigenvalue weighted by Gasteiger charge is 2.46. The van der Waals surface area contributed by atoms with E-state index in [2.05, 4.69) is 10.6 Å². The molecule has 0 bridgehead atoms. The Labute approximate surface area is 119 Å². The topological polar surface area (TPSA) is 84.2 Å². The standard InChI is InChI=1S/C13H23N3O2S/c1-3-9(2)16-10(17)5-8-15-12(18)13(11(14)19)6-4-7-13/h9H,3-8H2,1-2H3,(H2,14,19)(H,15,18)(H,16,17). The molecule has 1 fully saturated rings. The van der Waals surface area contributed by atoms with Gasteiger partial charge in [-0.1, -0.05) is 25.6 Å². The average Bonchev–Trinajstić information content (AvgIpc) is 2.26. The number of hydrogen-bond donors (Lipinski definition) is 3. The number of amides is 2. The second kappa shape index (κ2) is 6.84. The largest absolute Gasteiger partial charge is 0.392 e. The van der Waals surface area contributed by atoms with Gasteiger partial charge in [0.15, 0.2) is 0 Å². The summed E-state index contributed by atoms with van der Waals surface area (Å²) in [6.45, 7) is 4.29. The van der Waals surface area contributed by atoms with Crippen molar-refractivity contribution in [2.75, 3.05) is 6.54 Å². The van der Waals surface area contributed by atoms with Crippen molar-refractivity contribution in [2.24, 2.45) is 11.1 Å². The van der Waals surface area contributed by atoms with E-state index in [-0.39, 0.29) is 29.3 Å². The van der Waals surface area contributed by atoms with Crippen LogP contribution in [0.3, 0.4) is 0 Å². The molecule has 0 saturated heterocycles. The molecule has 0 heterocycles. The monoisotopic (exact) mass is 285 g/mol. The maximum atomic E-state index is 12.0. The fraction of sp³-hybridized carbons (Fsp3) is 0.769. The molecule has 2 amide bonds. The maximum absolute atomic E-state index is 12.0. The molecule has 0 radical (unpaired) electrons. The zero-order valence-corrected chi connectivity index (χ0v) is 12.4. The molecule has 1 rings (SSSR count). The molecule has 1 atom stereocenters. The molecule has 0 aromatic heterocycles. The highest BCUT2D eigenvalue weighted by molar-refractivity contribution is 7.80. The maximum Gasteiger partial charge on any atom is 0.233 e. The Morgan fingerprint density at radius 3 is 2.47 bits per heavy atom. The lowest BCUT2D eigenvalue weighted by molar-refractivity contribution is -0.130. The van der Waals surface area contributed by atoms with Crippen molar-refractivity contribution in [3.63, 3.8) is 0 Å². The van der Waals surface area contributed by atoms with Crippen LogP contribution in [0.5, 0.6) is 0 Å². The van der Waals surface area contributed by atoms with Gasteiger partial charge in [-0.25, -0.2) is 0 Å². The fourth-order valence-corrected chi connectivity index (χ4v) is 2.32. The number of hydrogen-bond acceptors (Lipinski definition) is 3. The fourth-order valence-electron chi connectivity index (χ4n) is 2.02. The molecule has 1 saturated carbocycles. The van der Waals surface area contributed by atoms with Crippen molar-refractivity contribution in [3.05, 3.63) is 0 Å². The van der Waals surface area contributed by atoms with Gasteiger partial charge in [0.2, 0.25) is 11.8 Å². The van der Waals surface area contributed by atoms with Crippen LogP contribution in [0.25, 0.3) is 0 Å². The highest BCUT2D eigenvalue weighted by atomic mass is 32.1. The van der Waals surface area contributed by atoms with Gasteiger partial charge >= 0.3 is 0 Å². The Morgan fingerprint density at radius 2 is 2.05 bits per heavy atom. The summed E-state index contributed by atoms with van der Waals surface area (Å²) in [7, 11) is 0. The van der Waals surface area contributed by atoms with Crippen molar-refractivity contribution in [1.82, 2.24) is 10.6 Å². The Hall–Kier alpha value is -1.17. The molecule has 1 aliphatic rings. The smallest absolute Gasteiger partial charge is 0.233 e. The summed E-state index contributed by atoms with van der Waals surface area (Å²) < 4.78 is 0. The van der Waals surface area contributed by atoms with Gasteiger partial charge in [-0.15, -0.1) is 0 Å². The lowest BCUT2D eigenvalue weighted by Crippen LogP contribution is -2.53. The first-order valence-corrected chi connectivity index (χ1v) is 7.20. The van der Waals surface area contributed by atoms with Gasteiger partial charge in [-0.3, -0.25) is 9.59 Å². The summed E-state index contributed by atoms with van der Waals surface area (Å²) in [5, 5.41) is 5.61. The minimum Gasteiger partial charge on any atom is -0.392 e. The minimum absolute atomic E-state index is 0.0485. The number of carbonyl (C=O) groups excluding carboxylic acids is 2. The molecule has 19 heavy (non-hydrogen) atoms. The number of nitrogens with one attached hydrogen (secondary N) is 2. The van der Waals surface area contributed by atoms with E-state index in [0.29, 0.717) is 19.4 Å². The van der Waals surface area contributed by atoms with E-state index in [4.69, 9.17) is 18.0 Å². The Kier molecular flexibility index (Phi) is 5.72. The third kappa shape index (κ3) is 3.89. The van der Waals surface area contributed by atoms with Crippen LogP contribution in [0, 0.1) is 5.41 Å². The van der Waals surface area contributed by atoms with Crippen molar-refractivity contribution in [1.29, 1.82) is 0 Å². The molecule has 6 heteroatoms. The summed E-state index contributed by atoms with van der Waals surface area (Å²) >= 11 is 4.97. The number of nitrogens with two attached hydrogens (primary N) is 1. The van der Waals surface area contributed by atoms with Crippen LogP contribution in [0.1, 0.15) is 46.0 Å². The first-order chi connectivity index (χ1) is 8.92. The molecule has 1 unspecified atom stereocenters. The molecule has 5 nitrogen and oxygen atoms in total. The molecular weight excluding hydrogens is 262 g/mol. The lowest BCUT2D eigenvalue weighted by Gasteiger charge is -2.39. The van der Waals surface area contributed by atoms with Crippen LogP contribution < -0.4 is 16.4 Å². The van der Waals surface area contributed by atoms with E-state index in [9.17, 15) is 9.59 Å². The van der Waals surface area contributed by atoms with Crippen molar-refractivity contribution >= 4 is 29.0 Å². The molecule has 0 aromatic rings. The summed E-state index contributed by atoms with van der Waals surface area (Å²) in [4.78, 5) is 23.9. The van der Waals surface area contributed by atoms with Gasteiger partial charge in [0.05, 0.1) is 10.4 Å². The van der Waals surface area contributed by atoms with E-state index in [1.54, 1.807) is 0 Å². The van der Waals surface area contributed by atoms with Gasteiger partial charge in [-0.05, 0) is 26.2 Å². The van der Waals surface area contributed by atoms with Gasteiger partial charge in [0.1, 0.15) is 0 Å². The van der Waals surface area contributed by atoms with Crippen molar-refractivity contribution in [2.45, 2.75) is 52.0 Å². The molecule has 0 aromatic carbocycles. The number of carbonyl (C=O) groups is 2. The van der Waals surface area contributed by atoms with E-state index >= 15 is 0 Å². The van der Waals surface area contributed by atoms with Crippen LogP contribution in [-0.2, 0) is 9.59 Å². The SMILES string of the molecule is CCC(C)NC(=O)CCNC(=O)C1(C(N)=S)CCC1. The number of thiocarbonyl (C=S) groups is 1. The Balaban J connectivity index is 2.31. The molecule has 0 spiro atoms. The van der Waals surface area contributed by atoms with E-state index in [1.807, 2.05) is 13.8 Å². The van der Waals surface area contributed by atoms with E-state index in [1.165, 1.54) is 0 Å². The quantitative estimate of drug-likeness (QED) is 0.606. The Morgan fingerprint density at radius 1 is 1.42 bits per heavy atom. The molecule has 108 valence electrons. The van der Waals surface area contributed by atoms with Crippen molar-refractivity contribution < 1.29 is 9.59 Å². The van der Waals surface area contributed by atoms with Crippen molar-refractivity contribution in [3.8, 4) is 0 Å². The summed E-state index contributed by atoms with van der Waals surface area (Å²) in [5.41, 5.74) is 4.98. The summed E-state index contributed by atoms with van der Waals surface area (Å²) in [6.07, 6.45) is 3.58. The normalized spacial score (nSPS) is 18.0. The van der Waals surface area contributed by atoms with Crippen LogP contribution in [-0.4, -0.2) is 29.4 Å². The van der Waals surface area contributed by atoms with Crippen LogP contribution in [0.4, 0.5) is 0 Å². The zero-order chi connectivity index (χ0) is 14.5. The summed E-state index contributed by atoms with van der Waals surface area (Å²) in [6, 6.07) is 0.165. The third-order valence-corrected chi connectivity index (χ3v) is 4.16. The Bertz CT molecular complexity index is 367. The third-order valence-electron chi connectivity index (χ3n) is 3.77. The van der Waals surface area contributed by atoms with Gasteiger partial charge in [0.25, 0.3) is 0 Å². The van der Waals surface area contributed by atoms with Crippen LogP contribution in [0.15, 0.2) is 0 Å². The van der Waals surface area contributed by atoms with Gasteiger partial charge in [0, 0.05) is 19.0 Å². The lowest BCUT2D eigenvalue weighted by atomic mass is 9.68. The minimum atomic E-state index is -0.664. The molecule has 0 aliphatic heterocycles. The van der Waals surface area contributed by atoms with Crippen LogP contribution >= 0.6 is 12.2 Å². The number of rotatable bonds is 7. The predicted molar refractivity (Wildman–Crippen MR) is 78.6 cm³/mol. The zero-order valence-electron chi connectivity index (χ0n) is 11.6. The van der Waals surface area contributed by atoms with Gasteiger partial charge in [-0.2, -0.15) is 0 Å². The highest BCUT2D eigenvalue weighted by Crippen LogP contribution is 2.41.